The molecule has 0 saturated carbocycles. The number of ether oxygens (including phenoxy) is 1. The van der Waals surface area contributed by atoms with Gasteiger partial charge in [-0.25, -0.2) is 9.78 Å². The number of benzene rings is 1. The molecule has 1 aliphatic carbocycles. The maximum atomic E-state index is 12.8. The number of carbonyl (C=O) groups is 1. The summed E-state index contributed by atoms with van der Waals surface area (Å²) in [5.41, 5.74) is 6.22. The van der Waals surface area contributed by atoms with Crippen molar-refractivity contribution < 1.29 is 9.53 Å². The van der Waals surface area contributed by atoms with E-state index < -0.39 is 5.60 Å². The summed E-state index contributed by atoms with van der Waals surface area (Å²) in [6.45, 7) is 20.1. The van der Waals surface area contributed by atoms with Crippen molar-refractivity contribution >= 4 is 17.2 Å². The van der Waals surface area contributed by atoms with Crippen molar-refractivity contribution in [2.45, 2.75) is 85.3 Å². The molecule has 0 saturated heterocycles. The van der Waals surface area contributed by atoms with Crippen molar-refractivity contribution in [1.82, 2.24) is 15.3 Å². The van der Waals surface area contributed by atoms with E-state index >= 15 is 0 Å². The Hall–Kier alpha value is -2.95. The van der Waals surface area contributed by atoms with E-state index in [0.717, 1.165) is 60.3 Å². The number of hydrogen-bond acceptors (Lipinski definition) is 4. The molecule has 1 heterocycles. The average Bonchev–Trinajstić information content (AvgIpc) is 3.04. The van der Waals surface area contributed by atoms with Crippen LogP contribution in [0.25, 0.3) is 11.1 Å². The van der Waals surface area contributed by atoms with E-state index in [1.54, 1.807) is 6.20 Å². The fourth-order valence-corrected chi connectivity index (χ4v) is 5.13. The number of nitrogens with zero attached hydrogens (tertiary/aromatic N) is 2. The lowest BCUT2D eigenvalue weighted by Gasteiger charge is -2.37. The molecule has 0 aliphatic heterocycles. The van der Waals surface area contributed by atoms with E-state index in [0.29, 0.717) is 0 Å². The van der Waals surface area contributed by atoms with Crippen LogP contribution in [0.1, 0.15) is 94.6 Å². The Kier molecular flexibility index (Phi) is 7.64. The van der Waals surface area contributed by atoms with Crippen molar-refractivity contribution in [3.05, 3.63) is 71.8 Å². The highest BCUT2D eigenvalue weighted by molar-refractivity contribution is 5.69. The molecule has 1 amide bonds. The van der Waals surface area contributed by atoms with Crippen molar-refractivity contribution in [1.29, 1.82) is 0 Å². The van der Waals surface area contributed by atoms with Gasteiger partial charge < -0.3 is 10.1 Å². The summed E-state index contributed by atoms with van der Waals surface area (Å²) < 4.78 is 5.63. The van der Waals surface area contributed by atoms with Gasteiger partial charge in [0, 0.05) is 0 Å². The van der Waals surface area contributed by atoms with Crippen LogP contribution in [0.5, 0.6) is 0 Å². The summed E-state index contributed by atoms with van der Waals surface area (Å²) in [5.74, 6) is 0. The maximum Gasteiger partial charge on any atom is 0.408 e. The van der Waals surface area contributed by atoms with E-state index in [2.05, 4.69) is 48.6 Å². The maximum absolute atomic E-state index is 12.8. The summed E-state index contributed by atoms with van der Waals surface area (Å²) in [6, 6.07) is 8.33. The van der Waals surface area contributed by atoms with Crippen LogP contribution in [0.15, 0.2) is 43.6 Å². The van der Waals surface area contributed by atoms with Gasteiger partial charge in [0.15, 0.2) is 0 Å². The van der Waals surface area contributed by atoms with E-state index in [1.165, 1.54) is 11.1 Å². The number of aromatic nitrogens is 2. The number of aryl methyl sites for hydroxylation is 1. The van der Waals surface area contributed by atoms with Gasteiger partial charge in [-0.3, -0.25) is 4.98 Å². The molecule has 182 valence electrons. The number of fused-ring (bicyclic) bond motifs is 1. The molecule has 1 aromatic carbocycles. The Bertz CT molecular complexity index is 1080. The van der Waals surface area contributed by atoms with Crippen LogP contribution in [-0.4, -0.2) is 21.7 Å². The Morgan fingerprint density at radius 1 is 1.24 bits per heavy atom. The van der Waals surface area contributed by atoms with Crippen LogP contribution in [0, 0.1) is 12.3 Å². The summed E-state index contributed by atoms with van der Waals surface area (Å²) >= 11 is 0. The van der Waals surface area contributed by atoms with Gasteiger partial charge in [-0.05, 0) is 88.0 Å². The molecular weight excluding hydrogens is 422 g/mol. The van der Waals surface area contributed by atoms with Gasteiger partial charge in [0.1, 0.15) is 5.60 Å². The number of nitrogens with one attached hydrogen (secondary N) is 1. The molecular formula is C29H39N3O2. The second-order valence-corrected chi connectivity index (χ2v) is 10.6. The Morgan fingerprint density at radius 3 is 2.56 bits per heavy atom. The molecule has 1 aliphatic rings. The number of alkyl carbamates (subject to hydrolysis) is 1. The fourth-order valence-electron chi connectivity index (χ4n) is 5.13. The highest BCUT2D eigenvalue weighted by Gasteiger charge is 2.46. The Balaban J connectivity index is 1.86. The van der Waals surface area contributed by atoms with Crippen molar-refractivity contribution in [2.24, 2.45) is 5.41 Å². The third-order valence-electron chi connectivity index (χ3n) is 6.57. The minimum Gasteiger partial charge on any atom is -0.444 e. The van der Waals surface area contributed by atoms with Gasteiger partial charge in [0.05, 0.1) is 29.3 Å². The van der Waals surface area contributed by atoms with Crippen molar-refractivity contribution in [3.8, 4) is 0 Å². The number of rotatable bonds is 8. The van der Waals surface area contributed by atoms with Gasteiger partial charge in [-0.15, -0.1) is 0 Å². The number of amides is 1. The molecule has 2 aromatic rings. The third kappa shape index (κ3) is 5.75. The van der Waals surface area contributed by atoms with Crippen LogP contribution in [0.3, 0.4) is 0 Å². The minimum atomic E-state index is -0.545. The number of carbonyl (C=O) groups excluding carboxylic acids is 1. The molecule has 0 bridgehead atoms. The zero-order valence-electron chi connectivity index (χ0n) is 21.6. The first-order valence-corrected chi connectivity index (χ1v) is 12.2. The van der Waals surface area contributed by atoms with Gasteiger partial charge >= 0.3 is 6.09 Å². The van der Waals surface area contributed by atoms with Crippen LogP contribution < -0.4 is 5.32 Å². The number of hydrogen-bond donors (Lipinski definition) is 1. The molecule has 0 radical (unpaired) electrons. The Morgan fingerprint density at radius 2 is 1.94 bits per heavy atom. The van der Waals surface area contributed by atoms with Gasteiger partial charge in [-0.1, -0.05) is 50.8 Å². The fraction of sp³-hybridized carbons (Fsp3) is 0.483. The monoisotopic (exact) mass is 461 g/mol. The molecule has 2 atom stereocenters. The molecule has 1 N–H and O–H groups in total. The highest BCUT2D eigenvalue weighted by Crippen LogP contribution is 2.52. The third-order valence-corrected chi connectivity index (χ3v) is 6.57. The zero-order chi connectivity index (χ0) is 25.1. The van der Waals surface area contributed by atoms with Gasteiger partial charge in [0.2, 0.25) is 0 Å². The van der Waals surface area contributed by atoms with Gasteiger partial charge in [-0.2, -0.15) is 0 Å². The largest absolute Gasteiger partial charge is 0.444 e. The van der Waals surface area contributed by atoms with E-state index in [9.17, 15) is 4.79 Å². The second-order valence-electron chi connectivity index (χ2n) is 10.6. The first kappa shape index (κ1) is 25.7. The van der Waals surface area contributed by atoms with E-state index in [-0.39, 0.29) is 17.6 Å². The predicted molar refractivity (Wildman–Crippen MR) is 139 cm³/mol. The topological polar surface area (TPSA) is 64.1 Å². The second kappa shape index (κ2) is 10.1. The standard InChI is InChI=1S/C29H39N3O2/c1-9-15-29(16-14-20(4)24-18-30-25(19(2)3)21(5)31-24)17-22-12-10-11-13-23(22)26(29)32-27(33)34-28(6,7)8/h10-13,18,26H,2,4,9,14-17H2,1,3,5-8H3,(H,32,33)/t26-,29?/m1/s1. The molecule has 0 spiro atoms. The molecule has 5 heteroatoms. The van der Waals surface area contributed by atoms with Crippen molar-refractivity contribution in [3.63, 3.8) is 0 Å². The lowest BCUT2D eigenvalue weighted by atomic mass is 9.72. The minimum absolute atomic E-state index is 0.107. The molecule has 0 fully saturated rings. The normalized spacial score (nSPS) is 19.4. The zero-order valence-corrected chi connectivity index (χ0v) is 21.6. The molecule has 3 rings (SSSR count). The van der Waals surface area contributed by atoms with E-state index in [4.69, 9.17) is 9.72 Å². The first-order valence-electron chi connectivity index (χ1n) is 12.2. The summed E-state index contributed by atoms with van der Waals surface area (Å²) in [6.07, 6.45) is 6.04. The van der Waals surface area contributed by atoms with E-state index in [1.807, 2.05) is 40.7 Å². The van der Waals surface area contributed by atoms with Crippen LogP contribution in [0.4, 0.5) is 4.79 Å². The Labute approximate surface area is 204 Å². The summed E-state index contributed by atoms with van der Waals surface area (Å²) in [5, 5.41) is 3.23. The quantitative estimate of drug-likeness (QED) is 0.451. The lowest BCUT2D eigenvalue weighted by molar-refractivity contribution is 0.0435. The highest BCUT2D eigenvalue weighted by atomic mass is 16.6. The summed E-state index contributed by atoms with van der Waals surface area (Å²) in [4.78, 5) is 22.1. The lowest BCUT2D eigenvalue weighted by Crippen LogP contribution is -2.41. The summed E-state index contributed by atoms with van der Waals surface area (Å²) in [7, 11) is 0. The molecule has 34 heavy (non-hydrogen) atoms. The van der Waals surface area contributed by atoms with Gasteiger partial charge in [0.25, 0.3) is 0 Å². The average molecular weight is 462 g/mol. The van der Waals surface area contributed by atoms with Crippen LogP contribution in [-0.2, 0) is 11.2 Å². The molecule has 5 nitrogen and oxygen atoms in total. The van der Waals surface area contributed by atoms with Crippen LogP contribution in [0.2, 0.25) is 0 Å². The molecule has 1 unspecified atom stereocenters. The first-order chi connectivity index (χ1) is 16.0. The SMILES string of the molecule is C=C(CCC1(CCC)Cc2ccccc2[C@H]1NC(=O)OC(C)(C)C)c1cnc(C(=C)C)c(C)n1. The molecule has 1 aromatic heterocycles. The van der Waals surface area contributed by atoms with Crippen molar-refractivity contribution in [2.75, 3.05) is 0 Å². The smallest absolute Gasteiger partial charge is 0.408 e. The number of allylic oxidation sites excluding steroid dienone is 2. The predicted octanol–water partition coefficient (Wildman–Crippen LogP) is 7.22. The van der Waals surface area contributed by atoms with Crippen LogP contribution >= 0.6 is 0 Å².